The van der Waals surface area contributed by atoms with E-state index in [2.05, 4.69) is 5.32 Å². The second-order valence-corrected chi connectivity index (χ2v) is 4.52. The fourth-order valence-electron chi connectivity index (χ4n) is 1.86. The van der Waals surface area contributed by atoms with Crippen molar-refractivity contribution in [2.24, 2.45) is 0 Å². The van der Waals surface area contributed by atoms with Gasteiger partial charge in [0.05, 0.1) is 6.26 Å². The summed E-state index contributed by atoms with van der Waals surface area (Å²) >= 11 is 0. The fourth-order valence-corrected chi connectivity index (χ4v) is 1.86. The van der Waals surface area contributed by atoms with Crippen molar-refractivity contribution in [2.75, 3.05) is 6.54 Å². The summed E-state index contributed by atoms with van der Waals surface area (Å²) < 4.78 is 5.10. The molecule has 1 aromatic rings. The quantitative estimate of drug-likeness (QED) is 0.664. The number of nitrogens with one attached hydrogen (secondary N) is 1. The van der Waals surface area contributed by atoms with Crippen LogP contribution in [0.1, 0.15) is 25.5 Å². The maximum Gasteiger partial charge on any atom is 0.331 e. The smallest absolute Gasteiger partial charge is 0.331 e. The summed E-state index contributed by atoms with van der Waals surface area (Å²) in [6, 6.07) is 2.82. The molecule has 2 rings (SSSR count). The minimum absolute atomic E-state index is 0.0616. The highest BCUT2D eigenvalue weighted by Crippen LogP contribution is 2.12. The Morgan fingerprint density at radius 2 is 2.14 bits per heavy atom. The van der Waals surface area contributed by atoms with Crippen LogP contribution in [0.2, 0.25) is 0 Å². The molecule has 21 heavy (non-hydrogen) atoms. The van der Waals surface area contributed by atoms with Gasteiger partial charge >= 0.3 is 6.03 Å². The van der Waals surface area contributed by atoms with Crippen molar-refractivity contribution in [1.82, 2.24) is 10.2 Å². The monoisotopic (exact) mass is 288 g/mol. The van der Waals surface area contributed by atoms with Crippen molar-refractivity contribution in [3.63, 3.8) is 0 Å². The Morgan fingerprint density at radius 1 is 1.33 bits per heavy atom. The lowest BCUT2D eigenvalue weighted by molar-refractivity contribution is -0.130. The first kappa shape index (κ1) is 14.8. The Balaban J connectivity index is 2.15. The molecule has 2 heterocycles. The number of urea groups is 1. The molecule has 6 heteroatoms. The zero-order valence-corrected chi connectivity index (χ0v) is 11.7. The molecule has 1 aliphatic heterocycles. The molecule has 0 radical (unpaired) electrons. The molecule has 0 spiro atoms. The number of imide groups is 2. The normalized spacial score (nSPS) is 17.9. The standard InChI is InChI=1S/C15H16N2O4/c1-2-3-9-17-14(19)12(13(18)16-15(17)20)8-4-6-11-7-5-10-21-11/h4-8,10H,2-3,9H2,1H3,(H,16,18,20). The van der Waals surface area contributed by atoms with Crippen molar-refractivity contribution >= 4 is 23.9 Å². The third kappa shape index (κ3) is 3.47. The second kappa shape index (κ2) is 6.69. The molecular weight excluding hydrogens is 272 g/mol. The van der Waals surface area contributed by atoms with Crippen LogP contribution in [0.15, 0.2) is 40.5 Å². The van der Waals surface area contributed by atoms with E-state index in [0.29, 0.717) is 18.7 Å². The summed E-state index contributed by atoms with van der Waals surface area (Å²) in [5, 5.41) is 2.16. The van der Waals surface area contributed by atoms with Gasteiger partial charge in [-0.3, -0.25) is 19.8 Å². The molecule has 1 saturated heterocycles. The van der Waals surface area contributed by atoms with Crippen molar-refractivity contribution in [3.05, 3.63) is 41.9 Å². The Kier molecular flexibility index (Phi) is 4.71. The van der Waals surface area contributed by atoms with Gasteiger partial charge in [0.15, 0.2) is 0 Å². The van der Waals surface area contributed by atoms with Crippen molar-refractivity contribution in [1.29, 1.82) is 0 Å². The van der Waals surface area contributed by atoms with Crippen LogP contribution in [0.25, 0.3) is 6.08 Å². The van der Waals surface area contributed by atoms with Gasteiger partial charge in [-0.1, -0.05) is 19.4 Å². The highest BCUT2D eigenvalue weighted by atomic mass is 16.3. The van der Waals surface area contributed by atoms with Crippen LogP contribution in [0.4, 0.5) is 4.79 Å². The number of unbranched alkanes of at least 4 members (excludes halogenated alkanes) is 1. The number of barbiturate groups is 1. The summed E-state index contributed by atoms with van der Waals surface area (Å²) in [7, 11) is 0. The number of amides is 4. The Bertz CT molecular complexity index is 599. The lowest BCUT2D eigenvalue weighted by atomic mass is 10.1. The molecule has 0 bridgehead atoms. The van der Waals surface area contributed by atoms with E-state index in [9.17, 15) is 14.4 Å². The fraction of sp³-hybridized carbons (Fsp3) is 0.267. The van der Waals surface area contributed by atoms with Gasteiger partial charge in [-0.2, -0.15) is 0 Å². The van der Waals surface area contributed by atoms with Crippen LogP contribution in [0.5, 0.6) is 0 Å². The molecule has 0 saturated carbocycles. The molecule has 6 nitrogen and oxygen atoms in total. The average molecular weight is 288 g/mol. The number of carbonyl (C=O) groups excluding carboxylic acids is 3. The lowest BCUT2D eigenvalue weighted by Gasteiger charge is -2.25. The number of nitrogens with zero attached hydrogens (tertiary/aromatic N) is 1. The molecule has 1 fully saturated rings. The first-order chi connectivity index (χ1) is 10.1. The summed E-state index contributed by atoms with van der Waals surface area (Å²) in [6.45, 7) is 2.26. The van der Waals surface area contributed by atoms with Crippen molar-refractivity contribution in [2.45, 2.75) is 19.8 Å². The zero-order chi connectivity index (χ0) is 15.2. The van der Waals surface area contributed by atoms with E-state index in [0.717, 1.165) is 11.3 Å². The minimum Gasteiger partial charge on any atom is -0.465 e. The molecule has 1 N–H and O–H groups in total. The summed E-state index contributed by atoms with van der Waals surface area (Å²) in [6.07, 6.45) is 7.62. The molecule has 1 aromatic heterocycles. The molecule has 0 aliphatic carbocycles. The van der Waals surface area contributed by atoms with Gasteiger partial charge in [-0.05, 0) is 30.7 Å². The third-order valence-corrected chi connectivity index (χ3v) is 2.99. The summed E-state index contributed by atoms with van der Waals surface area (Å²) in [4.78, 5) is 36.6. The highest BCUT2D eigenvalue weighted by molar-refractivity contribution is 6.28. The third-order valence-electron chi connectivity index (χ3n) is 2.99. The highest BCUT2D eigenvalue weighted by Gasteiger charge is 2.34. The Labute approximate surface area is 122 Å². The number of carbonyl (C=O) groups is 3. The number of allylic oxidation sites excluding steroid dienone is 2. The van der Waals surface area contributed by atoms with Crippen LogP contribution in [0.3, 0.4) is 0 Å². The number of hydrogen-bond acceptors (Lipinski definition) is 4. The molecule has 110 valence electrons. The predicted octanol–water partition coefficient (Wildman–Crippen LogP) is 2.10. The number of furan rings is 1. The molecule has 0 atom stereocenters. The van der Waals surface area contributed by atoms with Gasteiger partial charge in [-0.15, -0.1) is 0 Å². The van der Waals surface area contributed by atoms with Gasteiger partial charge in [0.25, 0.3) is 11.8 Å². The van der Waals surface area contributed by atoms with Gasteiger partial charge in [0, 0.05) is 6.54 Å². The van der Waals surface area contributed by atoms with Crippen LogP contribution >= 0.6 is 0 Å². The average Bonchev–Trinajstić information content (AvgIpc) is 2.95. The lowest BCUT2D eigenvalue weighted by Crippen LogP contribution is -2.54. The van der Waals surface area contributed by atoms with Gasteiger partial charge in [-0.25, -0.2) is 4.79 Å². The molecule has 1 aliphatic rings. The molecule has 0 unspecified atom stereocenters. The van der Waals surface area contributed by atoms with E-state index >= 15 is 0 Å². The number of rotatable bonds is 5. The van der Waals surface area contributed by atoms with E-state index in [1.807, 2.05) is 6.92 Å². The summed E-state index contributed by atoms with van der Waals surface area (Å²) in [5.74, 6) is -0.641. The maximum absolute atomic E-state index is 12.2. The Hall–Kier alpha value is -2.63. The largest absolute Gasteiger partial charge is 0.465 e. The molecular formula is C15H16N2O4. The number of hydrogen-bond donors (Lipinski definition) is 1. The molecule has 4 amide bonds. The van der Waals surface area contributed by atoms with Gasteiger partial charge in [0.2, 0.25) is 0 Å². The first-order valence-electron chi connectivity index (χ1n) is 6.72. The Morgan fingerprint density at radius 3 is 2.81 bits per heavy atom. The SMILES string of the molecule is CCCCN1C(=O)NC(=O)C(=CC=Cc2ccco2)C1=O. The van der Waals surface area contributed by atoms with Crippen LogP contribution < -0.4 is 5.32 Å². The predicted molar refractivity (Wildman–Crippen MR) is 76.0 cm³/mol. The van der Waals surface area contributed by atoms with Crippen molar-refractivity contribution < 1.29 is 18.8 Å². The van der Waals surface area contributed by atoms with E-state index in [4.69, 9.17) is 4.42 Å². The minimum atomic E-state index is -0.679. The van der Waals surface area contributed by atoms with E-state index < -0.39 is 17.8 Å². The molecule has 0 aromatic carbocycles. The van der Waals surface area contributed by atoms with E-state index in [1.54, 1.807) is 24.3 Å². The first-order valence-corrected chi connectivity index (χ1v) is 6.72. The maximum atomic E-state index is 12.2. The summed E-state index contributed by atoms with van der Waals surface area (Å²) in [5.41, 5.74) is -0.0616. The second-order valence-electron chi connectivity index (χ2n) is 4.52. The van der Waals surface area contributed by atoms with Crippen LogP contribution in [-0.2, 0) is 9.59 Å². The van der Waals surface area contributed by atoms with Crippen LogP contribution in [0, 0.1) is 0 Å². The van der Waals surface area contributed by atoms with E-state index in [1.165, 1.54) is 12.3 Å². The van der Waals surface area contributed by atoms with Crippen molar-refractivity contribution in [3.8, 4) is 0 Å². The van der Waals surface area contributed by atoms with E-state index in [-0.39, 0.29) is 5.57 Å². The van der Waals surface area contributed by atoms with Gasteiger partial charge < -0.3 is 4.42 Å². The van der Waals surface area contributed by atoms with Gasteiger partial charge in [0.1, 0.15) is 11.3 Å². The van der Waals surface area contributed by atoms with Crippen LogP contribution in [-0.4, -0.2) is 29.3 Å². The zero-order valence-electron chi connectivity index (χ0n) is 11.7. The topological polar surface area (TPSA) is 79.6 Å².